The van der Waals surface area contributed by atoms with Crippen LogP contribution < -0.4 is 4.90 Å². The number of hydrogen-bond acceptors (Lipinski definition) is 5. The van der Waals surface area contributed by atoms with Crippen LogP contribution in [0.4, 0.5) is 5.69 Å². The first-order chi connectivity index (χ1) is 17.0. The maximum atomic E-state index is 9.38. The van der Waals surface area contributed by atoms with Crippen LogP contribution in [-0.4, -0.2) is 40.1 Å². The third kappa shape index (κ3) is 6.07. The van der Waals surface area contributed by atoms with Gasteiger partial charge < -0.3 is 10.0 Å². The number of rotatable bonds is 10. The van der Waals surface area contributed by atoms with Crippen LogP contribution in [0.2, 0.25) is 5.02 Å². The van der Waals surface area contributed by atoms with Crippen molar-refractivity contribution in [3.8, 4) is 5.69 Å². The van der Waals surface area contributed by atoms with Gasteiger partial charge in [-0.05, 0) is 54.8 Å². The van der Waals surface area contributed by atoms with Crippen molar-refractivity contribution in [3.63, 3.8) is 0 Å². The highest BCUT2D eigenvalue weighted by atomic mass is 35.5. The second kappa shape index (κ2) is 11.8. The van der Waals surface area contributed by atoms with Crippen molar-refractivity contribution in [2.24, 2.45) is 0 Å². The van der Waals surface area contributed by atoms with Crippen LogP contribution in [-0.2, 0) is 6.42 Å². The topological polar surface area (TPSA) is 54.2 Å². The quantitative estimate of drug-likeness (QED) is 0.249. The predicted octanol–water partition coefficient (Wildman–Crippen LogP) is 6.49. The third-order valence-corrected chi connectivity index (χ3v) is 7.42. The van der Waals surface area contributed by atoms with Crippen molar-refractivity contribution in [2.75, 3.05) is 25.1 Å². The number of halogens is 1. The summed E-state index contributed by atoms with van der Waals surface area (Å²) in [7, 11) is 1.98. The molecule has 0 saturated heterocycles. The van der Waals surface area contributed by atoms with E-state index in [2.05, 4.69) is 83.2 Å². The zero-order valence-corrected chi connectivity index (χ0v) is 21.9. The summed E-state index contributed by atoms with van der Waals surface area (Å²) in [5.41, 5.74) is 5.64. The highest BCUT2D eigenvalue weighted by Gasteiger charge is 2.22. The summed E-state index contributed by atoms with van der Waals surface area (Å²) in [5, 5.41) is 20.2. The van der Waals surface area contributed by atoms with E-state index in [0.29, 0.717) is 6.54 Å². The molecular weight excluding hydrogens is 476 g/mol. The fourth-order valence-corrected chi connectivity index (χ4v) is 5.31. The van der Waals surface area contributed by atoms with E-state index in [0.717, 1.165) is 45.8 Å². The van der Waals surface area contributed by atoms with Gasteiger partial charge in [0, 0.05) is 30.7 Å². The Morgan fingerprint density at radius 2 is 1.69 bits per heavy atom. The molecule has 3 aromatic carbocycles. The molecule has 1 atom stereocenters. The molecule has 0 spiro atoms. The van der Waals surface area contributed by atoms with Crippen LogP contribution >= 0.6 is 23.4 Å². The first kappa shape index (κ1) is 25.3. The van der Waals surface area contributed by atoms with Crippen molar-refractivity contribution in [2.45, 2.75) is 37.1 Å². The monoisotopic (exact) mass is 506 g/mol. The van der Waals surface area contributed by atoms with E-state index in [1.54, 1.807) is 11.8 Å². The fraction of sp³-hybridized carbons (Fsp3) is 0.286. The Labute approximate surface area is 216 Å². The molecule has 7 heteroatoms. The minimum atomic E-state index is 0.0329. The van der Waals surface area contributed by atoms with Crippen LogP contribution in [0, 0.1) is 6.92 Å². The van der Waals surface area contributed by atoms with E-state index in [1.165, 1.54) is 11.1 Å². The molecular formula is C28H31ClN4OS. The van der Waals surface area contributed by atoms with Gasteiger partial charge in [-0.25, -0.2) is 0 Å². The molecule has 0 saturated carbocycles. The number of nitrogens with zero attached hydrogens (tertiary/aromatic N) is 4. The summed E-state index contributed by atoms with van der Waals surface area (Å²) in [6, 6.07) is 25.0. The number of anilines is 1. The van der Waals surface area contributed by atoms with Gasteiger partial charge in [0.2, 0.25) is 0 Å². The molecule has 0 aliphatic carbocycles. The Morgan fingerprint density at radius 3 is 2.34 bits per heavy atom. The number of aryl methyl sites for hydroxylation is 2. The zero-order valence-electron chi connectivity index (χ0n) is 20.4. The van der Waals surface area contributed by atoms with Crippen LogP contribution in [0.15, 0.2) is 78.0 Å². The second-order valence-electron chi connectivity index (χ2n) is 8.61. The molecule has 35 heavy (non-hydrogen) atoms. The summed E-state index contributed by atoms with van der Waals surface area (Å²) in [6.07, 6.45) is 1.81. The minimum absolute atomic E-state index is 0.0329. The van der Waals surface area contributed by atoms with Gasteiger partial charge in [-0.1, -0.05) is 78.3 Å². The van der Waals surface area contributed by atoms with Crippen LogP contribution in [0.3, 0.4) is 0 Å². The van der Waals surface area contributed by atoms with Crippen molar-refractivity contribution in [1.29, 1.82) is 0 Å². The van der Waals surface area contributed by atoms with Crippen molar-refractivity contribution in [1.82, 2.24) is 14.8 Å². The normalized spacial score (nSPS) is 12.0. The fourth-order valence-electron chi connectivity index (χ4n) is 3.98. The standard InChI is InChI=1S/C28H31ClN4OS/c1-4-6-26-30-31-28(33(26)25-8-5-7-24(19-25)32(3)17-18-34)35-27(21-11-9-20(2)10-12-21)22-13-15-23(29)16-14-22/h5,7-16,19,27,34H,4,6,17-18H2,1-3H3. The second-order valence-corrected chi connectivity index (χ2v) is 10.1. The Bertz CT molecular complexity index is 1200. The lowest BCUT2D eigenvalue weighted by atomic mass is 10.0. The molecule has 4 aromatic rings. The summed E-state index contributed by atoms with van der Waals surface area (Å²) in [4.78, 5) is 2.04. The van der Waals surface area contributed by atoms with Gasteiger partial charge >= 0.3 is 0 Å². The number of hydrogen-bond donors (Lipinski definition) is 1. The molecule has 1 N–H and O–H groups in total. The smallest absolute Gasteiger partial charge is 0.196 e. The number of aliphatic hydroxyl groups is 1. The first-order valence-electron chi connectivity index (χ1n) is 11.9. The highest BCUT2D eigenvalue weighted by Crippen LogP contribution is 2.41. The largest absolute Gasteiger partial charge is 0.395 e. The lowest BCUT2D eigenvalue weighted by Crippen LogP contribution is -2.21. The number of aliphatic hydroxyl groups excluding tert-OH is 1. The van der Waals surface area contributed by atoms with Gasteiger partial charge in [-0.3, -0.25) is 4.57 Å². The van der Waals surface area contributed by atoms with Gasteiger partial charge in [0.15, 0.2) is 5.16 Å². The van der Waals surface area contributed by atoms with Crippen LogP contribution in [0.25, 0.3) is 5.69 Å². The zero-order chi connectivity index (χ0) is 24.8. The molecule has 4 rings (SSSR count). The average Bonchev–Trinajstić information content (AvgIpc) is 3.26. The Kier molecular flexibility index (Phi) is 8.50. The van der Waals surface area contributed by atoms with Gasteiger partial charge in [0.1, 0.15) is 5.82 Å². The Morgan fingerprint density at radius 1 is 1.00 bits per heavy atom. The third-order valence-electron chi connectivity index (χ3n) is 5.91. The van der Waals surface area contributed by atoms with Crippen molar-refractivity contribution < 1.29 is 5.11 Å². The molecule has 0 fully saturated rings. The molecule has 0 bridgehead atoms. The lowest BCUT2D eigenvalue weighted by molar-refractivity contribution is 0.304. The van der Waals surface area contributed by atoms with Crippen LogP contribution in [0.1, 0.15) is 41.1 Å². The van der Waals surface area contributed by atoms with Gasteiger partial charge in [0.25, 0.3) is 0 Å². The minimum Gasteiger partial charge on any atom is -0.395 e. The Balaban J connectivity index is 1.78. The number of likely N-dealkylation sites (N-methyl/N-ethyl adjacent to an activating group) is 1. The summed E-state index contributed by atoms with van der Waals surface area (Å²) < 4.78 is 2.17. The van der Waals surface area contributed by atoms with E-state index in [-0.39, 0.29) is 11.9 Å². The maximum absolute atomic E-state index is 9.38. The maximum Gasteiger partial charge on any atom is 0.196 e. The molecule has 1 aromatic heterocycles. The number of thioether (sulfide) groups is 1. The molecule has 0 aliphatic rings. The first-order valence-corrected chi connectivity index (χ1v) is 13.1. The molecule has 1 heterocycles. The molecule has 182 valence electrons. The lowest BCUT2D eigenvalue weighted by Gasteiger charge is -2.21. The molecule has 0 aliphatic heterocycles. The highest BCUT2D eigenvalue weighted by molar-refractivity contribution is 7.99. The van der Waals surface area contributed by atoms with Crippen molar-refractivity contribution in [3.05, 3.63) is 100 Å². The molecule has 1 unspecified atom stereocenters. The molecule has 5 nitrogen and oxygen atoms in total. The van der Waals surface area contributed by atoms with E-state index in [1.807, 2.05) is 30.1 Å². The van der Waals surface area contributed by atoms with Gasteiger partial charge in [-0.15, -0.1) is 10.2 Å². The average molecular weight is 507 g/mol. The molecule has 0 radical (unpaired) electrons. The van der Waals surface area contributed by atoms with Gasteiger partial charge in [-0.2, -0.15) is 0 Å². The van der Waals surface area contributed by atoms with E-state index in [4.69, 9.17) is 11.6 Å². The van der Waals surface area contributed by atoms with Crippen molar-refractivity contribution >= 4 is 29.1 Å². The SMILES string of the molecule is CCCc1nnc(SC(c2ccc(C)cc2)c2ccc(Cl)cc2)n1-c1cccc(N(C)CCO)c1. The van der Waals surface area contributed by atoms with E-state index >= 15 is 0 Å². The number of aromatic nitrogens is 3. The predicted molar refractivity (Wildman–Crippen MR) is 146 cm³/mol. The van der Waals surface area contributed by atoms with E-state index in [9.17, 15) is 5.11 Å². The van der Waals surface area contributed by atoms with E-state index < -0.39 is 0 Å². The summed E-state index contributed by atoms with van der Waals surface area (Å²) >= 11 is 7.89. The number of benzene rings is 3. The summed E-state index contributed by atoms with van der Waals surface area (Å²) in [6.45, 7) is 4.93. The van der Waals surface area contributed by atoms with Crippen LogP contribution in [0.5, 0.6) is 0 Å². The van der Waals surface area contributed by atoms with Gasteiger partial charge in [0.05, 0.1) is 17.5 Å². The molecule has 0 amide bonds. The Hall–Kier alpha value is -2.80. The summed E-state index contributed by atoms with van der Waals surface area (Å²) in [5.74, 6) is 0.940.